The number of rotatable bonds is 4. The molecule has 2 fully saturated rings. The molecule has 0 radical (unpaired) electrons. The third kappa shape index (κ3) is 4.57. The molecule has 3 N–H and O–H groups in total. The summed E-state index contributed by atoms with van der Waals surface area (Å²) in [5.41, 5.74) is 1.67. The lowest BCUT2D eigenvalue weighted by atomic mass is 9.93. The molecule has 1 saturated carbocycles. The molecule has 1 aliphatic carbocycles. The van der Waals surface area contributed by atoms with Crippen LogP contribution < -0.4 is 10.2 Å². The van der Waals surface area contributed by atoms with Crippen LogP contribution in [0.2, 0.25) is 5.02 Å². The van der Waals surface area contributed by atoms with Crippen molar-refractivity contribution in [1.82, 2.24) is 9.97 Å². The number of halogens is 1. The fraction of sp³-hybridized carbons (Fsp3) is 0.524. The minimum Gasteiger partial charge on any atom is -0.393 e. The second-order valence-corrected chi connectivity index (χ2v) is 8.21. The van der Waals surface area contributed by atoms with Gasteiger partial charge in [-0.2, -0.15) is 0 Å². The Hall–Kier alpha value is -1.89. The molecule has 4 rings (SSSR count). The number of piperidine rings is 1. The minimum absolute atomic E-state index is 0.172. The highest BCUT2D eigenvalue weighted by Gasteiger charge is 2.21. The van der Waals surface area contributed by atoms with Gasteiger partial charge in [0.1, 0.15) is 11.6 Å². The lowest BCUT2D eigenvalue weighted by Crippen LogP contribution is -2.36. The smallest absolute Gasteiger partial charge is 0.129 e. The average molecular weight is 403 g/mol. The first-order valence-electron chi connectivity index (χ1n) is 10.1. The van der Waals surface area contributed by atoms with E-state index in [0.29, 0.717) is 11.1 Å². The van der Waals surface area contributed by atoms with Crippen LogP contribution in [0, 0.1) is 0 Å². The van der Waals surface area contributed by atoms with Crippen LogP contribution in [0.15, 0.2) is 30.5 Å². The standard InChI is InChI=1S/C21H27ClN4O2/c22-18-13-23-20(24-14-4-6-15(27)7-5-14)12-17(18)19-2-1-3-21(25-19)26-10-8-16(28)9-11-26/h1-3,12-16,27-28H,4-11H2,(H,23,24). The third-order valence-corrected chi connectivity index (χ3v) is 6.00. The van der Waals surface area contributed by atoms with Crippen molar-refractivity contribution < 1.29 is 10.2 Å². The first kappa shape index (κ1) is 19.4. The van der Waals surface area contributed by atoms with Gasteiger partial charge in [0.15, 0.2) is 0 Å². The Morgan fingerprint density at radius 3 is 2.46 bits per heavy atom. The molecular formula is C21H27ClN4O2. The van der Waals surface area contributed by atoms with Crippen LogP contribution in [0.25, 0.3) is 11.3 Å². The summed E-state index contributed by atoms with van der Waals surface area (Å²) in [5, 5.41) is 23.5. The van der Waals surface area contributed by atoms with Crippen molar-refractivity contribution in [2.45, 2.75) is 56.8 Å². The van der Waals surface area contributed by atoms with Crippen molar-refractivity contribution in [3.8, 4) is 11.3 Å². The van der Waals surface area contributed by atoms with Crippen molar-refractivity contribution in [1.29, 1.82) is 0 Å². The quantitative estimate of drug-likeness (QED) is 0.726. The third-order valence-electron chi connectivity index (χ3n) is 5.70. The van der Waals surface area contributed by atoms with Crippen molar-refractivity contribution in [2.75, 3.05) is 23.3 Å². The highest BCUT2D eigenvalue weighted by molar-refractivity contribution is 6.33. The summed E-state index contributed by atoms with van der Waals surface area (Å²) < 4.78 is 0. The normalized spacial score (nSPS) is 23.6. The highest BCUT2D eigenvalue weighted by atomic mass is 35.5. The number of pyridine rings is 2. The Morgan fingerprint density at radius 2 is 1.71 bits per heavy atom. The van der Waals surface area contributed by atoms with Crippen molar-refractivity contribution >= 4 is 23.2 Å². The molecule has 2 aromatic heterocycles. The van der Waals surface area contributed by atoms with E-state index in [2.05, 4.69) is 15.2 Å². The maximum atomic E-state index is 9.73. The lowest BCUT2D eigenvalue weighted by Gasteiger charge is -2.30. The summed E-state index contributed by atoms with van der Waals surface area (Å²) in [6.45, 7) is 1.62. The molecule has 0 amide bonds. The fourth-order valence-corrected chi connectivity index (χ4v) is 4.19. The number of aliphatic hydroxyl groups is 2. The molecule has 7 heteroatoms. The first-order chi connectivity index (χ1) is 13.6. The molecule has 1 saturated heterocycles. The molecule has 0 spiro atoms. The van der Waals surface area contributed by atoms with Crippen LogP contribution >= 0.6 is 11.6 Å². The van der Waals surface area contributed by atoms with Crippen molar-refractivity contribution in [3.63, 3.8) is 0 Å². The van der Waals surface area contributed by atoms with Gasteiger partial charge in [0.2, 0.25) is 0 Å². The molecule has 0 unspecified atom stereocenters. The van der Waals surface area contributed by atoms with E-state index in [1.807, 2.05) is 24.3 Å². The lowest BCUT2D eigenvalue weighted by molar-refractivity contribution is 0.126. The number of anilines is 2. The van der Waals surface area contributed by atoms with E-state index in [9.17, 15) is 10.2 Å². The Balaban J connectivity index is 1.53. The van der Waals surface area contributed by atoms with E-state index in [1.54, 1.807) is 6.20 Å². The van der Waals surface area contributed by atoms with Crippen molar-refractivity contribution in [2.24, 2.45) is 0 Å². The molecule has 150 valence electrons. The summed E-state index contributed by atoms with van der Waals surface area (Å²) in [6.07, 6.45) is 6.36. The molecule has 0 atom stereocenters. The van der Waals surface area contributed by atoms with Gasteiger partial charge in [-0.1, -0.05) is 17.7 Å². The molecule has 0 bridgehead atoms. The molecule has 2 aromatic rings. The topological polar surface area (TPSA) is 81.5 Å². The first-order valence-corrected chi connectivity index (χ1v) is 10.5. The molecule has 3 heterocycles. The largest absolute Gasteiger partial charge is 0.393 e. The maximum Gasteiger partial charge on any atom is 0.129 e. The molecule has 1 aliphatic heterocycles. The number of hydrogen-bond donors (Lipinski definition) is 3. The second-order valence-electron chi connectivity index (χ2n) is 7.80. The Morgan fingerprint density at radius 1 is 1.00 bits per heavy atom. The van der Waals surface area contributed by atoms with Gasteiger partial charge in [0, 0.05) is 30.9 Å². The predicted molar refractivity (Wildman–Crippen MR) is 112 cm³/mol. The zero-order valence-corrected chi connectivity index (χ0v) is 16.6. The number of aromatic nitrogens is 2. The minimum atomic E-state index is -0.205. The van der Waals surface area contributed by atoms with Crippen LogP contribution in [0.4, 0.5) is 11.6 Å². The van der Waals surface area contributed by atoms with Crippen LogP contribution in [0.1, 0.15) is 38.5 Å². The SMILES string of the molecule is OC1CCC(Nc2cc(-c3cccc(N4CCC(O)CC4)n3)c(Cl)cn2)CC1. The second kappa shape index (κ2) is 8.64. The van der Waals surface area contributed by atoms with E-state index >= 15 is 0 Å². The number of nitrogens with zero attached hydrogens (tertiary/aromatic N) is 3. The average Bonchev–Trinajstić information content (AvgIpc) is 2.72. The molecular weight excluding hydrogens is 376 g/mol. The molecule has 0 aromatic carbocycles. The van der Waals surface area contributed by atoms with Crippen LogP contribution in [-0.2, 0) is 0 Å². The fourth-order valence-electron chi connectivity index (χ4n) is 3.99. The Bertz CT molecular complexity index is 803. The summed E-state index contributed by atoms with van der Waals surface area (Å²) in [7, 11) is 0. The van der Waals surface area contributed by atoms with Gasteiger partial charge in [0.05, 0.1) is 22.9 Å². The number of nitrogens with one attached hydrogen (secondary N) is 1. The van der Waals surface area contributed by atoms with Crippen LogP contribution in [0.5, 0.6) is 0 Å². The molecule has 6 nitrogen and oxygen atoms in total. The summed E-state index contributed by atoms with van der Waals surface area (Å²) in [5.74, 6) is 1.70. The Kier molecular flexibility index (Phi) is 5.99. The monoisotopic (exact) mass is 402 g/mol. The van der Waals surface area contributed by atoms with Gasteiger partial charge in [-0.3, -0.25) is 0 Å². The molecule has 28 heavy (non-hydrogen) atoms. The zero-order valence-electron chi connectivity index (χ0n) is 15.9. The summed E-state index contributed by atoms with van der Waals surface area (Å²) >= 11 is 6.44. The van der Waals surface area contributed by atoms with E-state index in [0.717, 1.165) is 74.5 Å². The van der Waals surface area contributed by atoms with Gasteiger partial charge >= 0.3 is 0 Å². The van der Waals surface area contributed by atoms with Gasteiger partial charge in [-0.05, 0) is 56.7 Å². The van der Waals surface area contributed by atoms with Gasteiger partial charge in [-0.15, -0.1) is 0 Å². The van der Waals surface area contributed by atoms with E-state index in [-0.39, 0.29) is 12.2 Å². The van der Waals surface area contributed by atoms with Crippen LogP contribution in [0.3, 0.4) is 0 Å². The summed E-state index contributed by atoms with van der Waals surface area (Å²) in [6, 6.07) is 8.24. The van der Waals surface area contributed by atoms with E-state index in [4.69, 9.17) is 16.6 Å². The number of hydrogen-bond acceptors (Lipinski definition) is 6. The highest BCUT2D eigenvalue weighted by Crippen LogP contribution is 2.31. The number of aliphatic hydroxyl groups excluding tert-OH is 2. The summed E-state index contributed by atoms with van der Waals surface area (Å²) in [4.78, 5) is 11.5. The zero-order chi connectivity index (χ0) is 19.5. The van der Waals surface area contributed by atoms with E-state index in [1.165, 1.54) is 0 Å². The van der Waals surface area contributed by atoms with E-state index < -0.39 is 0 Å². The molecule has 2 aliphatic rings. The van der Waals surface area contributed by atoms with Gasteiger partial charge < -0.3 is 20.4 Å². The van der Waals surface area contributed by atoms with Crippen LogP contribution in [-0.4, -0.2) is 51.5 Å². The Labute approximate surface area is 170 Å². The predicted octanol–water partition coefficient (Wildman–Crippen LogP) is 3.47. The maximum absolute atomic E-state index is 9.73. The van der Waals surface area contributed by atoms with Crippen molar-refractivity contribution in [3.05, 3.63) is 35.5 Å². The van der Waals surface area contributed by atoms with Gasteiger partial charge in [-0.25, -0.2) is 9.97 Å². The van der Waals surface area contributed by atoms with Gasteiger partial charge in [0.25, 0.3) is 0 Å².